The van der Waals surface area contributed by atoms with Gasteiger partial charge in [0.05, 0.1) is 11.9 Å². The second-order valence-electron chi connectivity index (χ2n) is 6.96. The zero-order valence-electron chi connectivity index (χ0n) is 16.4. The number of benzene rings is 2. The number of phenolic OH excluding ortho intramolecular Hbond substituents is 1. The summed E-state index contributed by atoms with van der Waals surface area (Å²) in [5, 5.41) is 21.2. The molecule has 0 aliphatic heterocycles. The van der Waals surface area contributed by atoms with Crippen LogP contribution in [0.1, 0.15) is 28.5 Å². The maximum atomic E-state index is 14.0. The molecule has 0 aliphatic carbocycles. The number of halogens is 3. The van der Waals surface area contributed by atoms with E-state index in [-0.39, 0.29) is 34.1 Å². The van der Waals surface area contributed by atoms with Crippen molar-refractivity contribution in [3.05, 3.63) is 64.6 Å². The molecule has 1 amide bonds. The number of carboxylic acids is 1. The third-order valence-electron chi connectivity index (χ3n) is 4.86. The van der Waals surface area contributed by atoms with Crippen LogP contribution in [0.2, 0.25) is 0 Å². The van der Waals surface area contributed by atoms with Crippen LogP contribution in [0.15, 0.2) is 30.3 Å². The van der Waals surface area contributed by atoms with Gasteiger partial charge in [0.25, 0.3) is 5.91 Å². The van der Waals surface area contributed by atoms with E-state index >= 15 is 0 Å². The number of carbonyl (C=O) groups excluding carboxylic acids is 2. The van der Waals surface area contributed by atoms with E-state index in [1.807, 2.05) is 0 Å². The Labute approximate surface area is 173 Å². The highest BCUT2D eigenvalue weighted by atomic mass is 19.2. The van der Waals surface area contributed by atoms with Gasteiger partial charge >= 0.3 is 5.97 Å². The summed E-state index contributed by atoms with van der Waals surface area (Å²) >= 11 is 0. The molecular weight excluding hydrogens is 417 g/mol. The number of carbonyl (C=O) groups is 3. The molecule has 0 aliphatic rings. The molecule has 3 rings (SSSR count). The molecule has 0 saturated heterocycles. The molecule has 3 aromatic rings. The van der Waals surface area contributed by atoms with Crippen molar-refractivity contribution in [2.45, 2.75) is 26.3 Å². The van der Waals surface area contributed by atoms with Gasteiger partial charge in [-0.05, 0) is 43.7 Å². The molecule has 0 bridgehead atoms. The lowest BCUT2D eigenvalue weighted by Gasteiger charge is -2.10. The van der Waals surface area contributed by atoms with Crippen LogP contribution >= 0.6 is 0 Å². The summed E-state index contributed by atoms with van der Waals surface area (Å²) in [5.74, 6) is -6.87. The Kier molecular flexibility index (Phi) is 5.74. The molecule has 1 heterocycles. The van der Waals surface area contributed by atoms with Crippen LogP contribution in [0, 0.1) is 24.4 Å². The van der Waals surface area contributed by atoms with Crippen LogP contribution in [0.25, 0.3) is 10.9 Å². The van der Waals surface area contributed by atoms with Crippen LogP contribution in [-0.2, 0) is 16.0 Å². The highest BCUT2D eigenvalue weighted by Gasteiger charge is 2.24. The van der Waals surface area contributed by atoms with E-state index in [2.05, 4.69) is 5.32 Å². The summed E-state index contributed by atoms with van der Waals surface area (Å²) < 4.78 is 41.9. The molecule has 3 N–H and O–H groups in total. The Balaban J connectivity index is 2.14. The number of nitrogens with zero attached hydrogens (tertiary/aromatic N) is 1. The van der Waals surface area contributed by atoms with E-state index in [0.29, 0.717) is 6.07 Å². The predicted octanol–water partition coefficient (Wildman–Crippen LogP) is 2.89. The highest BCUT2D eigenvalue weighted by Crippen LogP contribution is 2.32. The molecule has 7 nitrogen and oxygen atoms in total. The van der Waals surface area contributed by atoms with Crippen molar-refractivity contribution in [2.24, 2.45) is 0 Å². The van der Waals surface area contributed by atoms with Gasteiger partial charge in [-0.3, -0.25) is 19.0 Å². The van der Waals surface area contributed by atoms with Crippen molar-refractivity contribution in [2.75, 3.05) is 0 Å². The summed E-state index contributed by atoms with van der Waals surface area (Å²) in [6.07, 6.45) is -0.372. The standard InChI is InChI=1S/C21H17F3N2O5/c1-9(21(30)31)25-19(28)7-12-10(2)26(17-8-16(24)18(27)6-13(12)17)20(29)11-3-4-14(22)15(23)5-11/h3-6,8-9,27H,7H2,1-2H3,(H,25,28)(H,30,31). The van der Waals surface area contributed by atoms with Crippen LogP contribution in [0.3, 0.4) is 0 Å². The Hall–Kier alpha value is -3.82. The Morgan fingerprint density at radius 1 is 1.06 bits per heavy atom. The molecule has 0 fully saturated rings. The lowest BCUT2D eigenvalue weighted by atomic mass is 10.1. The third-order valence-corrected chi connectivity index (χ3v) is 4.86. The van der Waals surface area contributed by atoms with Gasteiger partial charge in [0.15, 0.2) is 23.2 Å². The van der Waals surface area contributed by atoms with Crippen LogP contribution in [0.5, 0.6) is 5.75 Å². The first-order valence-electron chi connectivity index (χ1n) is 9.05. The van der Waals surface area contributed by atoms with Gasteiger partial charge in [-0.1, -0.05) is 0 Å². The second kappa shape index (κ2) is 8.13. The van der Waals surface area contributed by atoms with E-state index in [0.717, 1.165) is 28.8 Å². The molecule has 1 unspecified atom stereocenters. The van der Waals surface area contributed by atoms with Crippen LogP contribution in [0.4, 0.5) is 13.2 Å². The number of rotatable bonds is 5. The zero-order valence-corrected chi connectivity index (χ0v) is 16.4. The fourth-order valence-electron chi connectivity index (χ4n) is 3.25. The van der Waals surface area contributed by atoms with Gasteiger partial charge in [-0.15, -0.1) is 0 Å². The number of aromatic nitrogens is 1. The highest BCUT2D eigenvalue weighted by molar-refractivity contribution is 6.05. The van der Waals surface area contributed by atoms with Crippen LogP contribution < -0.4 is 5.32 Å². The summed E-state index contributed by atoms with van der Waals surface area (Å²) in [7, 11) is 0. The monoisotopic (exact) mass is 434 g/mol. The number of fused-ring (bicyclic) bond motifs is 1. The predicted molar refractivity (Wildman–Crippen MR) is 103 cm³/mol. The number of hydrogen-bond donors (Lipinski definition) is 3. The molecule has 1 atom stereocenters. The minimum absolute atomic E-state index is 0.00313. The minimum atomic E-state index is -1.25. The van der Waals surface area contributed by atoms with Crippen molar-refractivity contribution in [1.82, 2.24) is 9.88 Å². The van der Waals surface area contributed by atoms with Gasteiger partial charge in [0, 0.05) is 22.7 Å². The number of amides is 1. The van der Waals surface area contributed by atoms with Gasteiger partial charge in [-0.25, -0.2) is 13.2 Å². The Morgan fingerprint density at radius 3 is 2.35 bits per heavy atom. The zero-order chi connectivity index (χ0) is 23.0. The average molecular weight is 434 g/mol. The molecule has 162 valence electrons. The maximum absolute atomic E-state index is 14.0. The van der Waals surface area contributed by atoms with E-state index in [1.165, 1.54) is 13.8 Å². The summed E-state index contributed by atoms with van der Waals surface area (Å²) in [5.41, 5.74) is 0.198. The first-order chi connectivity index (χ1) is 14.5. The number of hydrogen-bond acceptors (Lipinski definition) is 4. The fraction of sp³-hybridized carbons (Fsp3) is 0.190. The van der Waals surface area contributed by atoms with Gasteiger partial charge in [0.2, 0.25) is 5.91 Å². The average Bonchev–Trinajstić information content (AvgIpc) is 2.94. The largest absolute Gasteiger partial charge is 0.505 e. The lowest BCUT2D eigenvalue weighted by molar-refractivity contribution is -0.141. The van der Waals surface area contributed by atoms with E-state index in [1.54, 1.807) is 0 Å². The fourth-order valence-corrected chi connectivity index (χ4v) is 3.25. The Morgan fingerprint density at radius 2 is 1.74 bits per heavy atom. The Bertz CT molecular complexity index is 1240. The summed E-state index contributed by atoms with van der Waals surface area (Å²) in [4.78, 5) is 36.3. The van der Waals surface area contributed by atoms with Crippen molar-refractivity contribution in [1.29, 1.82) is 0 Å². The first-order valence-corrected chi connectivity index (χ1v) is 9.05. The molecule has 10 heteroatoms. The third kappa shape index (κ3) is 4.09. The second-order valence-corrected chi connectivity index (χ2v) is 6.96. The number of nitrogens with one attached hydrogen (secondary N) is 1. The smallest absolute Gasteiger partial charge is 0.325 e. The normalized spacial score (nSPS) is 12.0. The van der Waals surface area contributed by atoms with E-state index in [9.17, 15) is 32.7 Å². The first kappa shape index (κ1) is 21.9. The van der Waals surface area contributed by atoms with Gasteiger partial charge in [-0.2, -0.15) is 0 Å². The van der Waals surface area contributed by atoms with Crippen LogP contribution in [-0.4, -0.2) is 38.6 Å². The minimum Gasteiger partial charge on any atom is -0.505 e. The lowest BCUT2D eigenvalue weighted by Crippen LogP contribution is -2.39. The summed E-state index contributed by atoms with van der Waals surface area (Å²) in [6, 6.07) is 3.28. The van der Waals surface area contributed by atoms with Crippen molar-refractivity contribution in [3.8, 4) is 5.75 Å². The number of aromatic hydroxyl groups is 1. The van der Waals surface area contributed by atoms with Crippen molar-refractivity contribution >= 4 is 28.7 Å². The van der Waals surface area contributed by atoms with Gasteiger partial charge < -0.3 is 15.5 Å². The molecular formula is C21H17F3N2O5. The van der Waals surface area contributed by atoms with Crippen molar-refractivity contribution < 1.29 is 37.8 Å². The number of phenols is 1. The van der Waals surface area contributed by atoms with Crippen molar-refractivity contribution in [3.63, 3.8) is 0 Å². The molecule has 0 radical (unpaired) electrons. The number of aliphatic carboxylic acids is 1. The molecule has 31 heavy (non-hydrogen) atoms. The maximum Gasteiger partial charge on any atom is 0.325 e. The molecule has 2 aromatic carbocycles. The quantitative estimate of drug-likeness (QED) is 0.572. The topological polar surface area (TPSA) is 109 Å². The van der Waals surface area contributed by atoms with E-state index < -0.39 is 47.0 Å². The summed E-state index contributed by atoms with van der Waals surface area (Å²) in [6.45, 7) is 2.72. The molecule has 1 aromatic heterocycles. The van der Waals surface area contributed by atoms with E-state index in [4.69, 9.17) is 5.11 Å². The number of carboxylic acid groups (broad SMARTS) is 1. The molecule has 0 saturated carbocycles. The molecule has 0 spiro atoms. The van der Waals surface area contributed by atoms with Gasteiger partial charge in [0.1, 0.15) is 6.04 Å². The SMILES string of the molecule is Cc1c(CC(=O)NC(C)C(=O)O)c2cc(O)c(F)cc2n1C(=O)c1ccc(F)c(F)c1.